The molecule has 33 heavy (non-hydrogen) atoms. The summed E-state index contributed by atoms with van der Waals surface area (Å²) in [6.45, 7) is 1.13. The number of esters is 1. The van der Waals surface area contributed by atoms with Crippen LogP contribution in [0.3, 0.4) is 0 Å². The van der Waals surface area contributed by atoms with Crippen LogP contribution in [0.5, 0.6) is 0 Å². The van der Waals surface area contributed by atoms with Crippen molar-refractivity contribution >= 4 is 38.3 Å². The van der Waals surface area contributed by atoms with Crippen LogP contribution in [-0.4, -0.2) is 69.9 Å². The van der Waals surface area contributed by atoms with Gasteiger partial charge in [0.1, 0.15) is 0 Å². The summed E-state index contributed by atoms with van der Waals surface area (Å²) in [5, 5.41) is 11.3. The Morgan fingerprint density at radius 1 is 1.36 bits per heavy atom. The molecule has 0 aliphatic carbocycles. The molecule has 1 unspecified atom stereocenters. The van der Waals surface area contributed by atoms with Crippen LogP contribution in [0.25, 0.3) is 22.6 Å². The topological polar surface area (TPSA) is 153 Å². The molecule has 0 spiro atoms. The van der Waals surface area contributed by atoms with E-state index >= 15 is 0 Å². The van der Waals surface area contributed by atoms with Crippen LogP contribution in [0.15, 0.2) is 36.7 Å². The molecule has 5 rings (SSSR count). The number of aromatic nitrogens is 4. The molecule has 2 aromatic heterocycles. The second-order valence-electron chi connectivity index (χ2n) is 7.81. The van der Waals surface area contributed by atoms with E-state index in [1.807, 2.05) is 30.3 Å². The van der Waals surface area contributed by atoms with Crippen molar-refractivity contribution in [3.05, 3.63) is 36.7 Å². The van der Waals surface area contributed by atoms with Crippen molar-refractivity contribution in [2.75, 3.05) is 19.1 Å². The Morgan fingerprint density at radius 2 is 2.15 bits per heavy atom. The predicted octanol–water partition coefficient (Wildman–Crippen LogP) is 0.329. The molecule has 1 aromatic carbocycles. The van der Waals surface area contributed by atoms with E-state index in [2.05, 4.69) is 15.0 Å². The third-order valence-corrected chi connectivity index (χ3v) is 7.58. The summed E-state index contributed by atoms with van der Waals surface area (Å²) in [5.74, 6) is 0.263. The van der Waals surface area contributed by atoms with Gasteiger partial charge in [0, 0.05) is 0 Å². The van der Waals surface area contributed by atoms with Crippen molar-refractivity contribution in [1.29, 1.82) is 0 Å². The maximum atomic E-state index is 11.3. The minimum atomic E-state index is -3.17. The molecule has 4 atom stereocenters. The number of nitrogens with zero attached hydrogens (tertiary/aromatic N) is 4. The fraction of sp³-hybridized carbons (Fsp3) is 0.368. The summed E-state index contributed by atoms with van der Waals surface area (Å²) in [6.07, 6.45) is -1.89. The molecule has 174 valence electrons. The van der Waals surface area contributed by atoms with Gasteiger partial charge in [0.2, 0.25) is 0 Å². The van der Waals surface area contributed by atoms with E-state index in [4.69, 9.17) is 28.8 Å². The molecule has 0 radical (unpaired) electrons. The van der Waals surface area contributed by atoms with Crippen LogP contribution in [0.2, 0.25) is 0 Å². The van der Waals surface area contributed by atoms with Crippen LogP contribution in [0, 0.1) is 0 Å². The summed E-state index contributed by atoms with van der Waals surface area (Å²) in [4.78, 5) is 24.1. The quantitative estimate of drug-likeness (QED) is 0.227. The number of benzene rings is 1. The number of hydrogen-bond acceptors (Lipinski definition) is 11. The Kier molecular flexibility index (Phi) is 5.77. The van der Waals surface area contributed by atoms with E-state index in [0.717, 1.165) is 5.56 Å². The number of hydrogen-bond donors (Lipinski definition) is 2. The zero-order valence-electron chi connectivity index (χ0n) is 18.0. The van der Waals surface area contributed by atoms with Crippen LogP contribution in [0.1, 0.15) is 13.2 Å². The van der Waals surface area contributed by atoms with Crippen molar-refractivity contribution < 1.29 is 32.9 Å². The number of nitrogens with two attached hydrogens (primary N) is 1. The second kappa shape index (κ2) is 8.60. The predicted molar refractivity (Wildman–Crippen MR) is 120 cm³/mol. The van der Waals surface area contributed by atoms with Gasteiger partial charge in [-0.1, -0.05) is 0 Å². The second-order valence-corrected chi connectivity index (χ2v) is 10.3. The standard InChI is InChI=1S/C19H23BN5O7P/c1-10(26)28-9-30-33(20)29-7-12-15(32-33)14(27)19(31-12)25-17(11-5-3-2-4-6-11)24-13-16(21)22-8-23-18(13)25/h2-6,8,12,14-15,19,27,33H,7,9,20H2,1H3,(H2,21,22,23)/t12-,14?,15-,19-/m1/s1. The number of carbonyl (C=O) groups excluding carboxylic acids is 1. The van der Waals surface area contributed by atoms with E-state index in [1.54, 1.807) is 12.1 Å². The molecule has 3 aromatic rings. The van der Waals surface area contributed by atoms with Crippen molar-refractivity contribution in [2.24, 2.45) is 0 Å². The number of aliphatic hydroxyl groups is 1. The molecule has 2 fully saturated rings. The van der Waals surface area contributed by atoms with Gasteiger partial charge >= 0.3 is 189 Å². The molecule has 2 aliphatic rings. The van der Waals surface area contributed by atoms with Crippen molar-refractivity contribution in [2.45, 2.75) is 31.5 Å². The van der Waals surface area contributed by atoms with Crippen LogP contribution in [0.4, 0.5) is 5.82 Å². The fourth-order valence-corrected chi connectivity index (χ4v) is 5.73. The zero-order valence-corrected chi connectivity index (χ0v) is 19.0. The number of fused-ring (bicyclic) bond motifs is 2. The molecule has 14 heteroatoms. The molecular weight excluding hydrogens is 452 g/mol. The van der Waals surface area contributed by atoms with E-state index in [-0.39, 0.29) is 19.2 Å². The molecule has 3 N–H and O–H groups in total. The fourth-order valence-electron chi connectivity index (χ4n) is 3.98. The number of nitrogen functional groups attached to an aromatic ring is 1. The SMILES string of the molecule is B[PH]1(OCOC(C)=O)OC[C@H]2O[C@@H](n3c(-c4ccccc4)nc4c(N)ncnc43)C(O)[C@@H]2O1. The van der Waals surface area contributed by atoms with Gasteiger partial charge in [-0.05, 0) is 0 Å². The number of imidazole rings is 1. The molecule has 0 bridgehead atoms. The number of ether oxygens (including phenoxy) is 2. The molecule has 2 aliphatic heterocycles. The normalized spacial score (nSPS) is 27.2. The van der Waals surface area contributed by atoms with E-state index in [1.165, 1.54) is 13.3 Å². The summed E-state index contributed by atoms with van der Waals surface area (Å²) < 4.78 is 30.1. The molecule has 4 heterocycles. The minimum absolute atomic E-state index is 0.144. The first-order valence-electron chi connectivity index (χ1n) is 10.3. The Balaban J connectivity index is 1.48. The summed E-state index contributed by atoms with van der Waals surface area (Å²) >= 11 is 0. The van der Waals surface area contributed by atoms with E-state index in [9.17, 15) is 9.90 Å². The maximum absolute atomic E-state index is 11.3. The summed E-state index contributed by atoms with van der Waals surface area (Å²) in [7, 11) is -1.50. The first-order valence-corrected chi connectivity index (χ1v) is 12.6. The van der Waals surface area contributed by atoms with E-state index in [0.29, 0.717) is 17.0 Å². The zero-order chi connectivity index (χ0) is 23.2. The van der Waals surface area contributed by atoms with Gasteiger partial charge in [-0.3, -0.25) is 0 Å². The van der Waals surface area contributed by atoms with Gasteiger partial charge < -0.3 is 0 Å². The van der Waals surface area contributed by atoms with Gasteiger partial charge in [-0.25, -0.2) is 0 Å². The average Bonchev–Trinajstić information content (AvgIpc) is 3.33. The van der Waals surface area contributed by atoms with Crippen molar-refractivity contribution in [3.8, 4) is 11.4 Å². The Morgan fingerprint density at radius 3 is 2.91 bits per heavy atom. The van der Waals surface area contributed by atoms with Gasteiger partial charge in [-0.2, -0.15) is 0 Å². The Bertz CT molecular complexity index is 1180. The molecular formula is C19H23BN5O7P. The monoisotopic (exact) mass is 475 g/mol. The van der Waals surface area contributed by atoms with Gasteiger partial charge in [-0.15, -0.1) is 0 Å². The summed E-state index contributed by atoms with van der Waals surface area (Å²) in [5.41, 5.74) is 7.67. The van der Waals surface area contributed by atoms with Gasteiger partial charge in [0.25, 0.3) is 0 Å². The van der Waals surface area contributed by atoms with E-state index < -0.39 is 38.3 Å². The number of carbonyl (C=O) groups is 1. The number of aliphatic hydroxyl groups excluding tert-OH is 1. The van der Waals surface area contributed by atoms with Crippen molar-refractivity contribution in [3.63, 3.8) is 0 Å². The first kappa shape index (κ1) is 22.1. The van der Waals surface area contributed by atoms with Gasteiger partial charge in [0.15, 0.2) is 0 Å². The summed E-state index contributed by atoms with van der Waals surface area (Å²) in [6, 6.07) is 9.44. The molecule has 0 saturated carbocycles. The van der Waals surface area contributed by atoms with Crippen LogP contribution >= 0.6 is 7.82 Å². The Labute approximate surface area is 189 Å². The molecule has 12 nitrogen and oxygen atoms in total. The van der Waals surface area contributed by atoms with Crippen molar-refractivity contribution in [1.82, 2.24) is 19.5 Å². The number of anilines is 1. The molecule has 0 amide bonds. The number of rotatable bonds is 5. The Hall–Kier alpha value is -2.67. The van der Waals surface area contributed by atoms with Crippen LogP contribution < -0.4 is 5.73 Å². The third-order valence-electron chi connectivity index (χ3n) is 5.54. The van der Waals surface area contributed by atoms with Crippen LogP contribution in [-0.2, 0) is 27.8 Å². The average molecular weight is 475 g/mol. The first-order chi connectivity index (χ1) is 15.9. The molecule has 2 saturated heterocycles. The third kappa shape index (κ3) is 4.08. The van der Waals surface area contributed by atoms with Gasteiger partial charge in [0.05, 0.1) is 0 Å².